The molecule has 9 heteroatoms. The molecule has 0 aliphatic carbocycles. The molecule has 0 unspecified atom stereocenters. The van der Waals surface area contributed by atoms with Crippen LogP contribution < -0.4 is 4.90 Å². The maximum absolute atomic E-state index is 13.2. The molecular formula is C24H26N4O4S. The fourth-order valence-corrected chi connectivity index (χ4v) is 5.65. The van der Waals surface area contributed by atoms with E-state index >= 15 is 0 Å². The first kappa shape index (κ1) is 21.6. The van der Waals surface area contributed by atoms with Crippen molar-refractivity contribution in [1.82, 2.24) is 14.7 Å². The number of anilines is 1. The predicted molar refractivity (Wildman–Crippen MR) is 124 cm³/mol. The standard InChI is InChI=1S/C24H26N4O4S/c29-16-25-10-12-27(13-11-25)22(30)17-6-8-26(9-7-17)20-5-1-4-19-21(20)24(32)28(23(19)31)15-18-3-2-14-33-18/h1-5,14,16-17H,6-13,15H2. The van der Waals surface area contributed by atoms with Gasteiger partial charge < -0.3 is 14.7 Å². The summed E-state index contributed by atoms with van der Waals surface area (Å²) >= 11 is 1.53. The Hall–Kier alpha value is -3.20. The first-order valence-electron chi connectivity index (χ1n) is 11.3. The molecule has 2 aromatic rings. The van der Waals surface area contributed by atoms with Gasteiger partial charge in [-0.3, -0.25) is 24.1 Å². The lowest BCUT2D eigenvalue weighted by molar-refractivity contribution is -0.139. The molecule has 0 radical (unpaired) electrons. The number of carbonyl (C=O) groups is 4. The van der Waals surface area contributed by atoms with Gasteiger partial charge in [-0.1, -0.05) is 12.1 Å². The Kier molecular flexibility index (Phi) is 5.88. The molecule has 5 rings (SSSR count). The number of piperidine rings is 1. The maximum Gasteiger partial charge on any atom is 0.264 e. The predicted octanol–water partition coefficient (Wildman–Crippen LogP) is 2.06. The van der Waals surface area contributed by atoms with Gasteiger partial charge in [0.15, 0.2) is 0 Å². The molecule has 172 valence electrons. The van der Waals surface area contributed by atoms with Gasteiger partial charge in [-0.15, -0.1) is 11.3 Å². The van der Waals surface area contributed by atoms with Gasteiger partial charge in [-0.2, -0.15) is 0 Å². The van der Waals surface area contributed by atoms with Crippen LogP contribution in [0.4, 0.5) is 5.69 Å². The lowest BCUT2D eigenvalue weighted by atomic mass is 9.93. The van der Waals surface area contributed by atoms with Crippen LogP contribution in [-0.2, 0) is 16.1 Å². The summed E-state index contributed by atoms with van der Waals surface area (Å²) in [5.41, 5.74) is 1.72. The Morgan fingerprint density at radius 2 is 1.73 bits per heavy atom. The number of piperazine rings is 1. The highest BCUT2D eigenvalue weighted by atomic mass is 32.1. The summed E-state index contributed by atoms with van der Waals surface area (Å²) in [7, 11) is 0. The number of hydrogen-bond donors (Lipinski definition) is 0. The van der Waals surface area contributed by atoms with Crippen LogP contribution in [0, 0.1) is 5.92 Å². The first-order chi connectivity index (χ1) is 16.1. The number of amides is 4. The summed E-state index contributed by atoms with van der Waals surface area (Å²) in [4.78, 5) is 58.0. The van der Waals surface area contributed by atoms with Crippen LogP contribution in [0.1, 0.15) is 38.4 Å². The highest BCUT2D eigenvalue weighted by Crippen LogP contribution is 2.35. The van der Waals surface area contributed by atoms with E-state index in [0.717, 1.165) is 17.0 Å². The van der Waals surface area contributed by atoms with Crippen molar-refractivity contribution in [3.05, 3.63) is 51.7 Å². The number of imide groups is 1. The first-order valence-corrected chi connectivity index (χ1v) is 12.2. The summed E-state index contributed by atoms with van der Waals surface area (Å²) in [6, 6.07) is 9.30. The van der Waals surface area contributed by atoms with Crippen LogP contribution in [0.25, 0.3) is 0 Å². The molecule has 3 aliphatic heterocycles. The smallest absolute Gasteiger partial charge is 0.264 e. The molecule has 4 heterocycles. The third kappa shape index (κ3) is 4.01. The van der Waals surface area contributed by atoms with Crippen molar-refractivity contribution in [2.45, 2.75) is 19.4 Å². The van der Waals surface area contributed by atoms with E-state index in [1.165, 1.54) is 16.2 Å². The lowest BCUT2D eigenvalue weighted by Gasteiger charge is -2.38. The molecule has 33 heavy (non-hydrogen) atoms. The number of benzene rings is 1. The van der Waals surface area contributed by atoms with E-state index in [1.54, 1.807) is 11.0 Å². The number of carbonyl (C=O) groups excluding carboxylic acids is 4. The van der Waals surface area contributed by atoms with Crippen LogP contribution in [0.5, 0.6) is 0 Å². The Balaban J connectivity index is 1.26. The molecule has 0 N–H and O–H groups in total. The molecule has 1 aromatic carbocycles. The summed E-state index contributed by atoms with van der Waals surface area (Å²) in [5, 5.41) is 1.94. The van der Waals surface area contributed by atoms with Crippen molar-refractivity contribution in [1.29, 1.82) is 0 Å². The Bertz CT molecular complexity index is 1070. The molecule has 0 atom stereocenters. The van der Waals surface area contributed by atoms with E-state index in [2.05, 4.69) is 4.90 Å². The Morgan fingerprint density at radius 1 is 0.970 bits per heavy atom. The quantitative estimate of drug-likeness (QED) is 0.498. The van der Waals surface area contributed by atoms with E-state index < -0.39 is 0 Å². The zero-order valence-electron chi connectivity index (χ0n) is 18.3. The molecule has 8 nitrogen and oxygen atoms in total. The normalized spacial score (nSPS) is 19.3. The van der Waals surface area contributed by atoms with Crippen molar-refractivity contribution in [3.8, 4) is 0 Å². The third-order valence-corrected chi connectivity index (χ3v) is 7.69. The largest absolute Gasteiger partial charge is 0.371 e. The number of hydrogen-bond acceptors (Lipinski definition) is 6. The zero-order valence-corrected chi connectivity index (χ0v) is 19.1. The summed E-state index contributed by atoms with van der Waals surface area (Å²) in [6.45, 7) is 3.95. The van der Waals surface area contributed by atoms with Crippen molar-refractivity contribution in [2.75, 3.05) is 44.2 Å². The molecule has 1 aromatic heterocycles. The van der Waals surface area contributed by atoms with E-state index in [1.807, 2.05) is 34.5 Å². The van der Waals surface area contributed by atoms with Gasteiger partial charge in [0, 0.05) is 50.1 Å². The fourth-order valence-electron chi connectivity index (χ4n) is 4.95. The van der Waals surface area contributed by atoms with Crippen LogP contribution in [0.3, 0.4) is 0 Å². The Morgan fingerprint density at radius 3 is 2.39 bits per heavy atom. The second-order valence-corrected chi connectivity index (χ2v) is 9.74. The minimum absolute atomic E-state index is 0.0477. The maximum atomic E-state index is 13.2. The van der Waals surface area contributed by atoms with E-state index in [0.29, 0.717) is 63.2 Å². The molecule has 2 fully saturated rings. The van der Waals surface area contributed by atoms with Gasteiger partial charge in [-0.05, 0) is 36.4 Å². The summed E-state index contributed by atoms with van der Waals surface area (Å²) in [5.74, 6) is -0.379. The van der Waals surface area contributed by atoms with Gasteiger partial charge in [0.05, 0.1) is 23.4 Å². The van der Waals surface area contributed by atoms with Gasteiger partial charge in [0.2, 0.25) is 12.3 Å². The molecule has 4 amide bonds. The van der Waals surface area contributed by atoms with Crippen molar-refractivity contribution in [3.63, 3.8) is 0 Å². The third-order valence-electron chi connectivity index (χ3n) is 6.83. The second-order valence-electron chi connectivity index (χ2n) is 8.70. The summed E-state index contributed by atoms with van der Waals surface area (Å²) < 4.78 is 0. The van der Waals surface area contributed by atoms with Gasteiger partial charge >= 0.3 is 0 Å². The number of thiophene rings is 1. The van der Waals surface area contributed by atoms with Crippen LogP contribution >= 0.6 is 11.3 Å². The van der Waals surface area contributed by atoms with Crippen molar-refractivity contribution < 1.29 is 19.2 Å². The van der Waals surface area contributed by atoms with Gasteiger partial charge in [0.25, 0.3) is 11.8 Å². The van der Waals surface area contributed by atoms with Crippen LogP contribution in [0.15, 0.2) is 35.7 Å². The van der Waals surface area contributed by atoms with E-state index in [4.69, 9.17) is 0 Å². The molecule has 3 aliphatic rings. The molecule has 0 spiro atoms. The monoisotopic (exact) mass is 466 g/mol. The minimum Gasteiger partial charge on any atom is -0.371 e. The number of rotatable bonds is 5. The molecule has 0 bridgehead atoms. The molecule has 2 saturated heterocycles. The van der Waals surface area contributed by atoms with Crippen LogP contribution in [0.2, 0.25) is 0 Å². The van der Waals surface area contributed by atoms with Gasteiger partial charge in [-0.25, -0.2) is 0 Å². The van der Waals surface area contributed by atoms with E-state index in [9.17, 15) is 19.2 Å². The lowest BCUT2D eigenvalue weighted by Crippen LogP contribution is -2.51. The highest BCUT2D eigenvalue weighted by Gasteiger charge is 2.39. The minimum atomic E-state index is -0.246. The highest BCUT2D eigenvalue weighted by molar-refractivity contribution is 7.09. The average Bonchev–Trinajstić information content (AvgIpc) is 3.47. The fraction of sp³-hybridized carbons (Fsp3) is 0.417. The average molecular weight is 467 g/mol. The topological polar surface area (TPSA) is 81.2 Å². The number of nitrogens with zero attached hydrogens (tertiary/aromatic N) is 4. The van der Waals surface area contributed by atoms with Gasteiger partial charge in [0.1, 0.15) is 0 Å². The molecule has 0 saturated carbocycles. The summed E-state index contributed by atoms with van der Waals surface area (Å²) in [6.07, 6.45) is 2.25. The SMILES string of the molecule is O=CN1CCN(C(=O)C2CCN(c3cccc4c3C(=O)N(Cc3cccs3)C4=O)CC2)CC1. The second kappa shape index (κ2) is 8.97. The Labute approximate surface area is 196 Å². The van der Waals surface area contributed by atoms with Crippen molar-refractivity contribution >= 4 is 41.2 Å². The van der Waals surface area contributed by atoms with Crippen LogP contribution in [-0.4, -0.2) is 78.1 Å². The molecular weight excluding hydrogens is 440 g/mol. The number of fused-ring (bicyclic) bond motifs is 1. The zero-order chi connectivity index (χ0) is 22.9. The van der Waals surface area contributed by atoms with E-state index in [-0.39, 0.29) is 30.2 Å². The van der Waals surface area contributed by atoms with Crippen molar-refractivity contribution in [2.24, 2.45) is 5.92 Å².